The topological polar surface area (TPSA) is 435 Å². The van der Waals surface area contributed by atoms with E-state index in [2.05, 4.69) is 62.0 Å². The van der Waals surface area contributed by atoms with Crippen LogP contribution in [0.25, 0.3) is 10.8 Å². The zero-order valence-electron chi connectivity index (χ0n) is 39.3. The SMILES string of the molecule is C=CS(=O)(=O)CCOCCNc1nc(F)nc(Nc2ccc(S(=O)(=O)[O-])c(N=Nc3c(SOO[O-])cc4c(S(=O)(=O)[O-])c(NC(=O)C(N=Nc5ccc(C)cc5S(=O)(=O)[O-])C(C)=O)ccc4c3O)c2)n1.[Na+].[Na+].[Na+].[Na+]. The summed E-state index contributed by atoms with van der Waals surface area (Å²) in [5, 5.41) is 47.0. The number of azo groups is 2. The molecule has 38 heteroatoms. The normalized spacial score (nSPS) is 12.2. The number of fused-ring (bicyclic) bond motifs is 1. The van der Waals surface area contributed by atoms with Crippen LogP contribution in [-0.4, -0.2) is 111 Å². The molecule has 28 nitrogen and oxygen atoms in total. The molecule has 0 aliphatic heterocycles. The molecule has 1 heterocycles. The molecule has 0 saturated heterocycles. The van der Waals surface area contributed by atoms with E-state index < -0.39 is 129 Å². The fourth-order valence-electron chi connectivity index (χ4n) is 5.71. The number of hydrogen-bond acceptors (Lipinski definition) is 28. The van der Waals surface area contributed by atoms with Gasteiger partial charge in [-0.15, -0.1) is 10.2 Å². The van der Waals surface area contributed by atoms with Crippen LogP contribution in [-0.2, 0) is 63.9 Å². The second kappa shape index (κ2) is 30.0. The van der Waals surface area contributed by atoms with Crippen molar-refractivity contribution in [2.24, 2.45) is 20.5 Å². The smallest absolute Gasteiger partial charge is 0.744 e. The Balaban J connectivity index is 0.00000684. The fraction of sp³-hybridized carbons (Fsp3) is 0.194. The number of rotatable bonds is 23. The predicted octanol–water partition coefficient (Wildman–Crippen LogP) is -9.04. The maximum Gasteiger partial charge on any atom is 1.00 e. The fourth-order valence-corrected chi connectivity index (χ4v) is 8.83. The first kappa shape index (κ1) is 69.4. The van der Waals surface area contributed by atoms with Crippen LogP contribution in [0.15, 0.2) is 107 Å². The summed E-state index contributed by atoms with van der Waals surface area (Å²) >= 11 is -0.0660. The minimum atomic E-state index is -5.72. The first-order valence-electron chi connectivity index (χ1n) is 18.8. The second-order valence-electron chi connectivity index (χ2n) is 13.7. The molecule has 1 unspecified atom stereocenters. The number of hydrogen-bond donors (Lipinski definition) is 4. The molecule has 374 valence electrons. The van der Waals surface area contributed by atoms with Gasteiger partial charge >= 0.3 is 124 Å². The summed E-state index contributed by atoms with van der Waals surface area (Å²) in [7, 11) is -19.7. The molecule has 5 aromatic rings. The number of anilines is 4. The third-order valence-corrected chi connectivity index (χ3v) is 13.3. The molecule has 0 aliphatic carbocycles. The number of phenols is 1. The van der Waals surface area contributed by atoms with Gasteiger partial charge in [0, 0.05) is 28.4 Å². The number of Topliss-reactive ketones (excluding diaryl/α,β-unsaturated/α-hetero) is 1. The van der Waals surface area contributed by atoms with Gasteiger partial charge in [0.2, 0.25) is 17.9 Å². The summed E-state index contributed by atoms with van der Waals surface area (Å²) in [6.07, 6.45) is -1.31. The molecule has 0 fully saturated rings. The molecule has 4 aromatic carbocycles. The number of phenolic OH excluding ortho intramolecular Hbond substituents is 1. The average molecular weight is 1160 g/mol. The van der Waals surface area contributed by atoms with Crippen LogP contribution in [0.1, 0.15) is 12.5 Å². The Labute approximate surface area is 513 Å². The van der Waals surface area contributed by atoms with Gasteiger partial charge in [0.15, 0.2) is 21.4 Å². The van der Waals surface area contributed by atoms with Gasteiger partial charge in [0.05, 0.1) is 56.3 Å². The number of aryl methyl sites for hydroxylation is 1. The van der Waals surface area contributed by atoms with Gasteiger partial charge < -0.3 is 44.7 Å². The van der Waals surface area contributed by atoms with Crippen LogP contribution in [0, 0.1) is 13.0 Å². The van der Waals surface area contributed by atoms with E-state index in [1.807, 2.05) is 5.32 Å². The zero-order valence-corrected chi connectivity index (χ0v) is 51.4. The molecule has 1 atom stereocenters. The van der Waals surface area contributed by atoms with Gasteiger partial charge in [-0.25, -0.2) is 33.7 Å². The van der Waals surface area contributed by atoms with Gasteiger partial charge in [0.1, 0.15) is 47.4 Å². The Kier molecular flexibility index (Phi) is 28.1. The van der Waals surface area contributed by atoms with Gasteiger partial charge in [-0.3, -0.25) is 14.6 Å². The van der Waals surface area contributed by atoms with E-state index in [4.69, 9.17) is 4.74 Å². The van der Waals surface area contributed by atoms with Gasteiger partial charge in [-0.1, -0.05) is 12.6 Å². The molecule has 0 radical (unpaired) electrons. The van der Waals surface area contributed by atoms with E-state index in [0.717, 1.165) is 60.9 Å². The Hall–Kier alpha value is -2.57. The maximum atomic E-state index is 14.4. The number of benzene rings is 4. The van der Waals surface area contributed by atoms with Crippen LogP contribution in [0.5, 0.6) is 5.75 Å². The Morgan fingerprint density at radius 1 is 0.824 bits per heavy atom. The van der Waals surface area contributed by atoms with Crippen LogP contribution >= 0.6 is 12.0 Å². The van der Waals surface area contributed by atoms with E-state index in [9.17, 15) is 71.7 Å². The maximum absolute atomic E-state index is 14.4. The van der Waals surface area contributed by atoms with E-state index in [1.54, 1.807) is 0 Å². The molecule has 1 aromatic heterocycles. The standard InChI is InChI=1S/C36H35FN10O18S5.4Na/c1-4-67(52,53)14-13-63-12-11-38-35-41-34(37)42-36(43-35)39-20-6-10-27(68(54,55)56)25(16-20)45-47-30-26(66-65-64-51)17-22-21(31(30)49)7-9-24(32(22)70(60,61)62)40-33(50)29(19(3)48)46-44-23-8-5-18(2)15-28(23)69(57,58)59;;;;/h4-10,15-17,29,49,51H,1,11-14H2,2-3H3,(H,40,50)(H,54,55,56)(H,57,58,59)(H,60,61,62)(H2,38,39,41,42,43);;;;/q;4*+1/p-4. The van der Waals surface area contributed by atoms with E-state index >= 15 is 0 Å². The van der Waals surface area contributed by atoms with Crippen molar-refractivity contribution in [3.05, 3.63) is 78.2 Å². The van der Waals surface area contributed by atoms with Crippen molar-refractivity contribution in [1.29, 1.82) is 0 Å². The van der Waals surface area contributed by atoms with Crippen molar-refractivity contribution in [3.8, 4) is 5.75 Å². The Bertz CT molecular complexity index is 3430. The van der Waals surface area contributed by atoms with Crippen molar-refractivity contribution in [1.82, 2.24) is 15.0 Å². The van der Waals surface area contributed by atoms with Crippen molar-refractivity contribution in [3.63, 3.8) is 0 Å². The number of aromatic nitrogens is 3. The number of carbonyl (C=O) groups is 2. The van der Waals surface area contributed by atoms with Crippen LogP contribution < -0.4 is 139 Å². The van der Waals surface area contributed by atoms with E-state index in [1.165, 1.54) is 13.0 Å². The molecule has 0 bridgehead atoms. The molecule has 0 saturated carbocycles. The number of ether oxygens (including phenoxy) is 1. The minimum absolute atomic E-state index is 0. The quantitative estimate of drug-likeness (QED) is 0.00689. The first-order valence-corrected chi connectivity index (χ1v) is 25.5. The molecular formula is C36H31FN10Na4O18S5. The number of amides is 1. The zero-order chi connectivity index (χ0) is 51.8. The monoisotopic (exact) mass is 1160 g/mol. The summed E-state index contributed by atoms with van der Waals surface area (Å²) in [5.74, 6) is -4.67. The molecule has 0 aliphatic rings. The van der Waals surface area contributed by atoms with Crippen molar-refractivity contribution in [2.75, 3.05) is 41.5 Å². The third-order valence-electron chi connectivity index (χ3n) is 8.79. The van der Waals surface area contributed by atoms with Crippen LogP contribution in [0.2, 0.25) is 0 Å². The largest absolute Gasteiger partial charge is 1.00 e. The number of carbonyl (C=O) groups excluding carboxylic acids is 2. The number of halogens is 1. The molecule has 1 amide bonds. The number of aromatic hydroxyl groups is 1. The minimum Gasteiger partial charge on any atom is -0.744 e. The molecule has 4 N–H and O–H groups in total. The summed E-state index contributed by atoms with van der Waals surface area (Å²) in [6, 6.07) is 6.34. The van der Waals surface area contributed by atoms with Gasteiger partial charge in [0.25, 0.3) is 5.91 Å². The van der Waals surface area contributed by atoms with E-state index in [-0.39, 0.29) is 167 Å². The second-order valence-corrected chi connectivity index (χ2v) is 20.5. The van der Waals surface area contributed by atoms with Crippen LogP contribution in [0.4, 0.5) is 44.7 Å². The molecule has 74 heavy (non-hydrogen) atoms. The van der Waals surface area contributed by atoms with Crippen molar-refractivity contribution >= 4 is 115 Å². The number of nitrogens with zero attached hydrogens (tertiary/aromatic N) is 7. The molecule has 0 spiro atoms. The van der Waals surface area contributed by atoms with Crippen LogP contribution in [0.3, 0.4) is 0 Å². The Morgan fingerprint density at radius 3 is 2.09 bits per heavy atom. The van der Waals surface area contributed by atoms with E-state index in [0.29, 0.717) is 5.56 Å². The first-order chi connectivity index (χ1) is 32.7. The van der Waals surface area contributed by atoms with Gasteiger partial charge in [-0.2, -0.15) is 33.9 Å². The van der Waals surface area contributed by atoms with Gasteiger partial charge in [-0.05, 0) is 67.9 Å². The van der Waals surface area contributed by atoms with Crippen molar-refractivity contribution < 1.29 is 204 Å². The third kappa shape index (κ3) is 19.4. The summed E-state index contributed by atoms with van der Waals surface area (Å²) in [5.41, 5.74) is -2.71. The number of ketones is 1. The average Bonchev–Trinajstić information content (AvgIpc) is 3.25. The predicted molar refractivity (Wildman–Crippen MR) is 233 cm³/mol. The number of sulfone groups is 1. The summed E-state index contributed by atoms with van der Waals surface area (Å²) in [6.45, 7) is 5.22. The summed E-state index contributed by atoms with van der Waals surface area (Å²) in [4.78, 5) is 33.1. The molecular weight excluding hydrogens is 1130 g/mol. The van der Waals surface area contributed by atoms with Crippen molar-refractivity contribution in [2.45, 2.75) is 39.5 Å². The Morgan fingerprint density at radius 2 is 1.49 bits per heavy atom. The summed E-state index contributed by atoms with van der Waals surface area (Å²) < 4.78 is 158. The molecule has 5 rings (SSSR count). The number of nitrogens with one attached hydrogen (secondary N) is 3.